The van der Waals surface area contributed by atoms with Crippen LogP contribution in [0.5, 0.6) is 0 Å². The second-order valence-electron chi connectivity index (χ2n) is 5.23. The van der Waals surface area contributed by atoms with Crippen molar-refractivity contribution in [2.45, 2.75) is 0 Å². The molecule has 4 aromatic rings. The molecule has 0 aliphatic heterocycles. The summed E-state index contributed by atoms with van der Waals surface area (Å²) < 4.78 is 13.3. The van der Waals surface area contributed by atoms with E-state index in [1.54, 1.807) is 6.07 Å². The van der Waals surface area contributed by atoms with Crippen LogP contribution in [0, 0.1) is 5.82 Å². The summed E-state index contributed by atoms with van der Waals surface area (Å²) in [4.78, 5) is 0. The van der Waals surface area contributed by atoms with Crippen LogP contribution in [0.2, 0.25) is 0 Å². The minimum absolute atomic E-state index is 0.192. The molecule has 0 saturated carbocycles. The van der Waals surface area contributed by atoms with Gasteiger partial charge in [-0.15, -0.1) is 0 Å². The molecule has 1 heteroatoms. The molecule has 100 valence electrons. The van der Waals surface area contributed by atoms with E-state index in [1.807, 2.05) is 30.3 Å². The summed E-state index contributed by atoms with van der Waals surface area (Å²) >= 11 is 0. The summed E-state index contributed by atoms with van der Waals surface area (Å²) in [5.74, 6) is -0.192. The van der Waals surface area contributed by atoms with E-state index < -0.39 is 0 Å². The molecule has 0 saturated heterocycles. The Morgan fingerprint density at radius 3 is 1.95 bits per heavy atom. The highest BCUT2D eigenvalue weighted by Gasteiger charge is 2.04. The highest BCUT2D eigenvalue weighted by molar-refractivity contribution is 6.08. The Hall–Kier alpha value is -2.67. The molecule has 0 aliphatic rings. The van der Waals surface area contributed by atoms with E-state index in [0.29, 0.717) is 0 Å². The van der Waals surface area contributed by atoms with Crippen molar-refractivity contribution in [2.75, 3.05) is 0 Å². The molecule has 0 aromatic heterocycles. The van der Waals surface area contributed by atoms with Crippen LogP contribution < -0.4 is 0 Å². The van der Waals surface area contributed by atoms with Crippen LogP contribution in [0.15, 0.2) is 78.9 Å². The van der Waals surface area contributed by atoms with Crippen LogP contribution in [0.25, 0.3) is 32.7 Å². The number of fused-ring (bicyclic) bond motifs is 3. The summed E-state index contributed by atoms with van der Waals surface area (Å²) in [7, 11) is 0. The van der Waals surface area contributed by atoms with Crippen molar-refractivity contribution in [3.05, 3.63) is 84.7 Å². The van der Waals surface area contributed by atoms with Crippen LogP contribution >= 0.6 is 0 Å². The molecule has 0 unspecified atom stereocenters. The number of hydrogen-bond donors (Lipinski definition) is 0. The van der Waals surface area contributed by atoms with Crippen LogP contribution in [0.1, 0.15) is 0 Å². The van der Waals surface area contributed by atoms with Gasteiger partial charge >= 0.3 is 0 Å². The molecule has 4 rings (SSSR count). The topological polar surface area (TPSA) is 0 Å². The van der Waals surface area contributed by atoms with Crippen molar-refractivity contribution in [2.24, 2.45) is 0 Å². The number of benzene rings is 4. The first-order valence-electron chi connectivity index (χ1n) is 6.99. The molecule has 0 nitrogen and oxygen atoms in total. The molecule has 0 bridgehead atoms. The van der Waals surface area contributed by atoms with E-state index in [9.17, 15) is 4.39 Å². The van der Waals surface area contributed by atoms with Gasteiger partial charge in [0.25, 0.3) is 0 Å². The van der Waals surface area contributed by atoms with Gasteiger partial charge in [-0.2, -0.15) is 0 Å². The van der Waals surface area contributed by atoms with Crippen LogP contribution in [0.4, 0.5) is 4.39 Å². The zero-order valence-electron chi connectivity index (χ0n) is 11.4. The molecule has 0 N–H and O–H groups in total. The van der Waals surface area contributed by atoms with Gasteiger partial charge in [-0.25, -0.2) is 4.39 Å². The van der Waals surface area contributed by atoms with E-state index in [2.05, 4.69) is 36.4 Å². The SMILES string of the molecule is Fc1ccc2c(ccc3cc(-c4ccccc4)ccc32)c1. The Kier molecular flexibility index (Phi) is 2.71. The molecule has 0 aliphatic carbocycles. The smallest absolute Gasteiger partial charge is 0.123 e. The first-order chi connectivity index (χ1) is 10.3. The lowest BCUT2D eigenvalue weighted by Crippen LogP contribution is -1.82. The minimum atomic E-state index is -0.192. The van der Waals surface area contributed by atoms with Gasteiger partial charge in [0.15, 0.2) is 0 Å². The van der Waals surface area contributed by atoms with Gasteiger partial charge in [-0.1, -0.05) is 60.7 Å². The van der Waals surface area contributed by atoms with E-state index in [-0.39, 0.29) is 5.82 Å². The highest BCUT2D eigenvalue weighted by atomic mass is 19.1. The summed E-state index contributed by atoms with van der Waals surface area (Å²) in [6, 6.07) is 25.8. The zero-order valence-corrected chi connectivity index (χ0v) is 11.4. The van der Waals surface area contributed by atoms with E-state index in [0.717, 1.165) is 16.2 Å². The third-order valence-corrected chi connectivity index (χ3v) is 3.90. The third kappa shape index (κ3) is 2.07. The first-order valence-corrected chi connectivity index (χ1v) is 6.99. The second kappa shape index (κ2) is 4.71. The fraction of sp³-hybridized carbons (Fsp3) is 0. The molecule has 0 heterocycles. The largest absolute Gasteiger partial charge is 0.207 e. The Morgan fingerprint density at radius 2 is 1.19 bits per heavy atom. The summed E-state index contributed by atoms with van der Waals surface area (Å²) in [6.07, 6.45) is 0. The Morgan fingerprint density at radius 1 is 0.524 bits per heavy atom. The van der Waals surface area contributed by atoms with E-state index in [4.69, 9.17) is 0 Å². The highest BCUT2D eigenvalue weighted by Crippen LogP contribution is 2.29. The van der Waals surface area contributed by atoms with E-state index in [1.165, 1.54) is 22.6 Å². The van der Waals surface area contributed by atoms with Gasteiger partial charge in [0.2, 0.25) is 0 Å². The summed E-state index contributed by atoms with van der Waals surface area (Å²) in [6.45, 7) is 0. The Labute approximate surface area is 122 Å². The number of rotatable bonds is 1. The van der Waals surface area contributed by atoms with E-state index >= 15 is 0 Å². The Balaban J connectivity index is 1.97. The summed E-state index contributed by atoms with van der Waals surface area (Å²) in [5, 5.41) is 4.37. The lowest BCUT2D eigenvalue weighted by molar-refractivity contribution is 0.630. The quantitative estimate of drug-likeness (QED) is 0.384. The van der Waals surface area contributed by atoms with Crippen molar-refractivity contribution in [3.63, 3.8) is 0 Å². The third-order valence-electron chi connectivity index (χ3n) is 3.90. The monoisotopic (exact) mass is 272 g/mol. The van der Waals surface area contributed by atoms with Gasteiger partial charge in [0.05, 0.1) is 0 Å². The van der Waals surface area contributed by atoms with Crippen molar-refractivity contribution in [1.29, 1.82) is 0 Å². The molecule has 0 atom stereocenters. The lowest BCUT2D eigenvalue weighted by atomic mass is 9.97. The van der Waals surface area contributed by atoms with Crippen molar-refractivity contribution in [3.8, 4) is 11.1 Å². The van der Waals surface area contributed by atoms with Gasteiger partial charge in [-0.05, 0) is 50.9 Å². The minimum Gasteiger partial charge on any atom is -0.207 e. The summed E-state index contributed by atoms with van der Waals surface area (Å²) in [5.41, 5.74) is 2.41. The van der Waals surface area contributed by atoms with Gasteiger partial charge < -0.3 is 0 Å². The standard InChI is InChI=1S/C20H13F/c21-18-9-11-20-17(13-18)7-6-16-12-15(8-10-19(16)20)14-4-2-1-3-5-14/h1-13H. The fourth-order valence-corrected chi connectivity index (χ4v) is 2.85. The molecule has 0 radical (unpaired) electrons. The maximum Gasteiger partial charge on any atom is 0.123 e. The lowest BCUT2D eigenvalue weighted by Gasteiger charge is -2.07. The molecule has 4 aromatic carbocycles. The van der Waals surface area contributed by atoms with Gasteiger partial charge in [-0.3, -0.25) is 0 Å². The molecule has 0 spiro atoms. The van der Waals surface area contributed by atoms with Crippen LogP contribution in [-0.2, 0) is 0 Å². The molecular formula is C20H13F. The number of halogens is 1. The average Bonchev–Trinajstić information content (AvgIpc) is 2.54. The maximum absolute atomic E-state index is 13.3. The predicted octanol–water partition coefficient (Wildman–Crippen LogP) is 5.80. The van der Waals surface area contributed by atoms with Crippen LogP contribution in [-0.4, -0.2) is 0 Å². The normalized spacial score (nSPS) is 11.1. The van der Waals surface area contributed by atoms with Crippen molar-refractivity contribution in [1.82, 2.24) is 0 Å². The number of hydrogen-bond acceptors (Lipinski definition) is 0. The van der Waals surface area contributed by atoms with Crippen molar-refractivity contribution >= 4 is 21.5 Å². The van der Waals surface area contributed by atoms with Crippen LogP contribution in [0.3, 0.4) is 0 Å². The van der Waals surface area contributed by atoms with Gasteiger partial charge in [0.1, 0.15) is 5.82 Å². The maximum atomic E-state index is 13.3. The average molecular weight is 272 g/mol. The predicted molar refractivity (Wildman–Crippen MR) is 86.8 cm³/mol. The van der Waals surface area contributed by atoms with Gasteiger partial charge in [0, 0.05) is 0 Å². The Bertz CT molecular complexity index is 940. The molecular weight excluding hydrogens is 259 g/mol. The zero-order chi connectivity index (χ0) is 14.2. The fourth-order valence-electron chi connectivity index (χ4n) is 2.85. The first kappa shape index (κ1) is 12.1. The molecule has 21 heavy (non-hydrogen) atoms. The second-order valence-corrected chi connectivity index (χ2v) is 5.23. The van der Waals surface area contributed by atoms with Crippen molar-refractivity contribution < 1.29 is 4.39 Å². The molecule has 0 amide bonds. The molecule has 0 fully saturated rings.